The zero-order valence-electron chi connectivity index (χ0n) is 21.0. The van der Waals surface area contributed by atoms with Gasteiger partial charge in [-0.2, -0.15) is 0 Å². The highest BCUT2D eigenvalue weighted by Gasteiger charge is 2.19. The molecule has 37 heavy (non-hydrogen) atoms. The number of aliphatic carboxylic acids is 1. The Kier molecular flexibility index (Phi) is 8.94. The summed E-state index contributed by atoms with van der Waals surface area (Å²) in [7, 11) is 0. The molecule has 1 aromatic heterocycles. The summed E-state index contributed by atoms with van der Waals surface area (Å²) >= 11 is 0. The first kappa shape index (κ1) is 26.0. The van der Waals surface area contributed by atoms with E-state index in [1.165, 1.54) is 6.42 Å². The smallest absolute Gasteiger partial charge is 0.320 e. The number of carboxylic acids is 1. The van der Waals surface area contributed by atoms with Gasteiger partial charge in [0.25, 0.3) is 0 Å². The van der Waals surface area contributed by atoms with Crippen LogP contribution >= 0.6 is 0 Å². The first-order valence-electron chi connectivity index (χ1n) is 12.7. The summed E-state index contributed by atoms with van der Waals surface area (Å²) in [5, 5.41) is 9.49. The Bertz CT molecular complexity index is 1260. The highest BCUT2D eigenvalue weighted by molar-refractivity contribution is 5.75. The van der Waals surface area contributed by atoms with E-state index in [4.69, 9.17) is 25.4 Å². The summed E-state index contributed by atoms with van der Waals surface area (Å²) in [6, 6.07) is 24.0. The van der Waals surface area contributed by atoms with Crippen LogP contribution in [0.25, 0.3) is 34.2 Å². The average molecular weight is 497 g/mol. The van der Waals surface area contributed by atoms with Crippen LogP contribution in [0, 0.1) is 0 Å². The van der Waals surface area contributed by atoms with Crippen LogP contribution in [0.5, 0.6) is 5.75 Å². The lowest BCUT2D eigenvalue weighted by Crippen LogP contribution is -2.32. The molecule has 0 aliphatic rings. The van der Waals surface area contributed by atoms with Gasteiger partial charge in [0.1, 0.15) is 11.8 Å². The van der Waals surface area contributed by atoms with Gasteiger partial charge in [0, 0.05) is 16.7 Å². The van der Waals surface area contributed by atoms with Gasteiger partial charge in [-0.05, 0) is 36.6 Å². The molecule has 7 heteroatoms. The van der Waals surface area contributed by atoms with Crippen LogP contribution in [0.4, 0.5) is 0 Å². The van der Waals surface area contributed by atoms with Crippen LogP contribution in [0.2, 0.25) is 0 Å². The molecular weight excluding hydrogens is 464 g/mol. The monoisotopic (exact) mass is 496 g/mol. The van der Waals surface area contributed by atoms with Crippen molar-refractivity contribution in [1.82, 2.24) is 15.0 Å². The molecular formula is C30H32N4O3. The second-order valence-corrected chi connectivity index (χ2v) is 8.92. The summed E-state index contributed by atoms with van der Waals surface area (Å²) < 4.78 is 5.97. The second kappa shape index (κ2) is 12.7. The molecule has 1 atom stereocenters. The third-order valence-electron chi connectivity index (χ3n) is 6.04. The Morgan fingerprint density at radius 2 is 1.43 bits per heavy atom. The molecule has 0 fully saturated rings. The third-order valence-corrected chi connectivity index (χ3v) is 6.04. The summed E-state index contributed by atoms with van der Waals surface area (Å²) in [5.74, 6) is 1.13. The van der Waals surface area contributed by atoms with Crippen molar-refractivity contribution in [1.29, 1.82) is 0 Å². The Morgan fingerprint density at radius 1 is 0.838 bits per heavy atom. The Labute approximate surface area is 217 Å². The number of hydrogen-bond acceptors (Lipinski definition) is 6. The maximum absolute atomic E-state index is 11.6. The first-order chi connectivity index (χ1) is 18.0. The molecule has 190 valence electrons. The fourth-order valence-electron chi connectivity index (χ4n) is 4.02. The molecule has 0 bridgehead atoms. The molecule has 0 radical (unpaired) electrons. The largest absolute Gasteiger partial charge is 0.494 e. The van der Waals surface area contributed by atoms with E-state index in [0.29, 0.717) is 41.0 Å². The van der Waals surface area contributed by atoms with Gasteiger partial charge < -0.3 is 15.6 Å². The van der Waals surface area contributed by atoms with E-state index in [0.717, 1.165) is 30.4 Å². The van der Waals surface area contributed by atoms with Crippen molar-refractivity contribution in [3.63, 3.8) is 0 Å². The summed E-state index contributed by atoms with van der Waals surface area (Å²) in [6.45, 7) is 2.77. The maximum atomic E-state index is 11.6. The Morgan fingerprint density at radius 3 is 2.00 bits per heavy atom. The number of hydrogen-bond donors (Lipinski definition) is 2. The van der Waals surface area contributed by atoms with Crippen LogP contribution in [0.1, 0.15) is 38.2 Å². The van der Waals surface area contributed by atoms with E-state index >= 15 is 0 Å². The second-order valence-electron chi connectivity index (χ2n) is 8.92. The number of aromatic nitrogens is 3. The highest BCUT2D eigenvalue weighted by Crippen LogP contribution is 2.30. The number of unbranched alkanes of at least 4 members (excludes halogenated alkanes) is 3. The maximum Gasteiger partial charge on any atom is 0.320 e. The zero-order chi connectivity index (χ0) is 26.0. The number of nitrogens with zero attached hydrogens (tertiary/aromatic N) is 3. The molecule has 0 spiro atoms. The molecule has 3 aromatic carbocycles. The van der Waals surface area contributed by atoms with Crippen LogP contribution in [-0.2, 0) is 11.2 Å². The van der Waals surface area contributed by atoms with E-state index in [-0.39, 0.29) is 6.42 Å². The number of carbonyl (C=O) groups is 1. The molecule has 0 saturated heterocycles. The molecule has 0 amide bonds. The predicted octanol–water partition coefficient (Wildman–Crippen LogP) is 5.79. The zero-order valence-corrected chi connectivity index (χ0v) is 21.0. The minimum absolute atomic E-state index is 0.116. The lowest BCUT2D eigenvalue weighted by Gasteiger charge is -2.15. The number of ether oxygens (including phenoxy) is 1. The number of nitrogens with two attached hydrogens (primary N) is 1. The van der Waals surface area contributed by atoms with Gasteiger partial charge in [-0.25, -0.2) is 15.0 Å². The molecule has 0 aliphatic heterocycles. The van der Waals surface area contributed by atoms with E-state index in [1.54, 1.807) is 0 Å². The topological polar surface area (TPSA) is 111 Å². The Balaban J connectivity index is 1.76. The quantitative estimate of drug-likeness (QED) is 0.239. The normalized spacial score (nSPS) is 11.7. The third kappa shape index (κ3) is 6.98. The molecule has 0 aliphatic carbocycles. The number of carboxylic acid groups (broad SMARTS) is 1. The number of benzene rings is 3. The highest BCUT2D eigenvalue weighted by atomic mass is 16.5. The lowest BCUT2D eigenvalue weighted by atomic mass is 9.99. The lowest BCUT2D eigenvalue weighted by molar-refractivity contribution is -0.138. The van der Waals surface area contributed by atoms with Gasteiger partial charge in [-0.3, -0.25) is 4.79 Å². The summed E-state index contributed by atoms with van der Waals surface area (Å²) in [5.41, 5.74) is 9.08. The van der Waals surface area contributed by atoms with Crippen molar-refractivity contribution in [2.24, 2.45) is 5.73 Å². The molecule has 4 aromatic rings. The molecule has 0 unspecified atom stereocenters. The predicted molar refractivity (Wildman–Crippen MR) is 145 cm³/mol. The molecule has 0 saturated carbocycles. The van der Waals surface area contributed by atoms with Gasteiger partial charge in [-0.15, -0.1) is 0 Å². The van der Waals surface area contributed by atoms with Gasteiger partial charge in [-0.1, -0.05) is 86.8 Å². The van der Waals surface area contributed by atoms with Gasteiger partial charge >= 0.3 is 5.97 Å². The Hall–Kier alpha value is -4.10. The minimum atomic E-state index is -1.07. The van der Waals surface area contributed by atoms with Crippen LogP contribution in [0.3, 0.4) is 0 Å². The fraction of sp³-hybridized carbons (Fsp3) is 0.267. The number of rotatable bonds is 12. The summed E-state index contributed by atoms with van der Waals surface area (Å²) in [6.07, 6.45) is 4.53. The first-order valence-corrected chi connectivity index (χ1v) is 12.7. The van der Waals surface area contributed by atoms with E-state index in [1.807, 2.05) is 78.9 Å². The van der Waals surface area contributed by atoms with Crippen LogP contribution in [0.15, 0.2) is 78.9 Å². The molecule has 7 nitrogen and oxygen atoms in total. The molecule has 4 rings (SSSR count). The van der Waals surface area contributed by atoms with Crippen molar-refractivity contribution < 1.29 is 14.6 Å². The van der Waals surface area contributed by atoms with Crippen molar-refractivity contribution in [3.8, 4) is 39.9 Å². The molecule has 3 N–H and O–H groups in total. The van der Waals surface area contributed by atoms with Crippen molar-refractivity contribution in [2.45, 2.75) is 45.1 Å². The summed E-state index contributed by atoms with van der Waals surface area (Å²) in [4.78, 5) is 25.9. The standard InChI is InChI=1S/C30H32N4O3/c1-2-3-4-11-18-37-24-16-17-25(23(19-24)20-26(31)30(35)36)29-33-27(21-12-7-5-8-13-21)32-28(34-29)22-14-9-6-10-15-22/h5-10,12-17,19,26H,2-4,11,18,20,31H2,1H3,(H,35,36)/t26-/m0/s1. The van der Waals surface area contributed by atoms with Gasteiger partial charge in [0.2, 0.25) is 0 Å². The molecule has 1 heterocycles. The van der Waals surface area contributed by atoms with Crippen molar-refractivity contribution in [3.05, 3.63) is 84.4 Å². The minimum Gasteiger partial charge on any atom is -0.494 e. The van der Waals surface area contributed by atoms with E-state index < -0.39 is 12.0 Å². The average Bonchev–Trinajstić information content (AvgIpc) is 2.93. The van der Waals surface area contributed by atoms with E-state index in [2.05, 4.69) is 6.92 Å². The fourth-order valence-corrected chi connectivity index (χ4v) is 4.02. The van der Waals surface area contributed by atoms with Crippen LogP contribution in [-0.4, -0.2) is 38.7 Å². The van der Waals surface area contributed by atoms with Crippen molar-refractivity contribution in [2.75, 3.05) is 6.61 Å². The van der Waals surface area contributed by atoms with Gasteiger partial charge in [0.15, 0.2) is 17.5 Å². The van der Waals surface area contributed by atoms with Gasteiger partial charge in [0.05, 0.1) is 6.61 Å². The van der Waals surface area contributed by atoms with Crippen LogP contribution < -0.4 is 10.5 Å². The van der Waals surface area contributed by atoms with E-state index in [9.17, 15) is 9.90 Å². The van der Waals surface area contributed by atoms with Crippen molar-refractivity contribution >= 4 is 5.97 Å². The SMILES string of the molecule is CCCCCCOc1ccc(-c2nc(-c3ccccc3)nc(-c3ccccc3)n2)c(C[C@H](N)C(=O)O)c1.